The fourth-order valence-electron chi connectivity index (χ4n) is 2.90. The van der Waals surface area contributed by atoms with Crippen molar-refractivity contribution in [3.05, 3.63) is 29.8 Å². The second kappa shape index (κ2) is 5.83. The summed E-state index contributed by atoms with van der Waals surface area (Å²) in [6, 6.07) is 8.17. The van der Waals surface area contributed by atoms with Gasteiger partial charge in [0.2, 0.25) is 11.3 Å². The van der Waals surface area contributed by atoms with Crippen molar-refractivity contribution in [2.45, 2.75) is 26.2 Å². The minimum atomic E-state index is 0.418. The summed E-state index contributed by atoms with van der Waals surface area (Å²) in [7, 11) is 0. The maximum Gasteiger partial charge on any atom is 0.245 e. The Balaban J connectivity index is 1.75. The number of rotatable bonds is 3. The van der Waals surface area contributed by atoms with Gasteiger partial charge in [-0.1, -0.05) is 12.1 Å². The van der Waals surface area contributed by atoms with Crippen molar-refractivity contribution in [3.8, 4) is 0 Å². The third-order valence-electron chi connectivity index (χ3n) is 4.03. The summed E-state index contributed by atoms with van der Waals surface area (Å²) in [6.45, 7) is 4.02. The van der Waals surface area contributed by atoms with Gasteiger partial charge in [0.1, 0.15) is 0 Å². The third kappa shape index (κ3) is 2.81. The molecule has 2 aromatic heterocycles. The van der Waals surface area contributed by atoms with Crippen molar-refractivity contribution < 1.29 is 4.63 Å². The molecule has 0 spiro atoms. The number of aryl methyl sites for hydroxylation is 1. The Morgan fingerprint density at radius 2 is 1.83 bits per heavy atom. The van der Waals surface area contributed by atoms with E-state index in [1.165, 1.54) is 24.8 Å². The predicted octanol–water partition coefficient (Wildman–Crippen LogP) is 3.06. The Kier molecular flexibility index (Phi) is 3.53. The first kappa shape index (κ1) is 13.9. The van der Waals surface area contributed by atoms with Crippen molar-refractivity contribution in [3.63, 3.8) is 0 Å². The first-order valence-corrected chi connectivity index (χ1v) is 7.88. The highest BCUT2D eigenvalue weighted by Crippen LogP contribution is 2.29. The zero-order chi connectivity index (χ0) is 15.6. The molecule has 0 saturated carbocycles. The molecule has 1 saturated heterocycles. The van der Waals surface area contributed by atoms with E-state index in [9.17, 15) is 0 Å². The van der Waals surface area contributed by atoms with E-state index in [-0.39, 0.29) is 0 Å². The van der Waals surface area contributed by atoms with E-state index in [1.54, 1.807) is 0 Å². The zero-order valence-corrected chi connectivity index (χ0v) is 13.0. The molecular formula is C16H18N6O. The normalized spacial score (nSPS) is 15.1. The Morgan fingerprint density at radius 1 is 1.04 bits per heavy atom. The van der Waals surface area contributed by atoms with Crippen LogP contribution in [0.5, 0.6) is 0 Å². The molecule has 1 aliphatic rings. The predicted molar refractivity (Wildman–Crippen MR) is 87.9 cm³/mol. The summed E-state index contributed by atoms with van der Waals surface area (Å²) in [4.78, 5) is 11.4. The lowest BCUT2D eigenvalue weighted by Gasteiger charge is -2.28. The minimum Gasteiger partial charge on any atom is -0.353 e. The molecule has 1 N–H and O–H groups in total. The SMILES string of the molecule is Cc1cccc(Nc2nc3nonc3nc2N2CCCCC2)c1. The molecule has 0 aliphatic carbocycles. The molecule has 0 bridgehead atoms. The Bertz CT molecular complexity index is 824. The van der Waals surface area contributed by atoms with Crippen molar-refractivity contribution in [1.29, 1.82) is 0 Å². The minimum absolute atomic E-state index is 0.418. The van der Waals surface area contributed by atoms with E-state index in [1.807, 2.05) is 12.1 Å². The van der Waals surface area contributed by atoms with Crippen LogP contribution in [0.3, 0.4) is 0 Å². The van der Waals surface area contributed by atoms with Crippen molar-refractivity contribution in [2.24, 2.45) is 0 Å². The molecule has 7 nitrogen and oxygen atoms in total. The molecule has 23 heavy (non-hydrogen) atoms. The molecule has 4 rings (SSSR count). The number of nitrogens with one attached hydrogen (secondary N) is 1. The quantitative estimate of drug-likeness (QED) is 0.796. The highest BCUT2D eigenvalue weighted by atomic mass is 16.6. The van der Waals surface area contributed by atoms with Crippen LogP contribution in [0.15, 0.2) is 28.9 Å². The van der Waals surface area contributed by atoms with Crippen molar-refractivity contribution in [1.82, 2.24) is 20.3 Å². The van der Waals surface area contributed by atoms with Crippen LogP contribution in [0.25, 0.3) is 11.3 Å². The second-order valence-electron chi connectivity index (χ2n) is 5.85. The van der Waals surface area contributed by atoms with Crippen LogP contribution in [0.2, 0.25) is 0 Å². The zero-order valence-electron chi connectivity index (χ0n) is 13.0. The number of piperidine rings is 1. The lowest BCUT2D eigenvalue weighted by Crippen LogP contribution is -2.31. The van der Waals surface area contributed by atoms with Crippen LogP contribution in [-0.2, 0) is 0 Å². The molecule has 0 atom stereocenters. The molecule has 7 heteroatoms. The van der Waals surface area contributed by atoms with Crippen molar-refractivity contribution in [2.75, 3.05) is 23.3 Å². The summed E-state index contributed by atoms with van der Waals surface area (Å²) in [6.07, 6.45) is 3.60. The fraction of sp³-hybridized carbons (Fsp3) is 0.375. The number of hydrogen-bond donors (Lipinski definition) is 1. The maximum atomic E-state index is 4.76. The van der Waals surface area contributed by atoms with E-state index < -0.39 is 0 Å². The van der Waals surface area contributed by atoms with Crippen LogP contribution >= 0.6 is 0 Å². The molecular weight excluding hydrogens is 292 g/mol. The van der Waals surface area contributed by atoms with Gasteiger partial charge in [-0.15, -0.1) is 0 Å². The molecule has 3 heterocycles. The first-order valence-electron chi connectivity index (χ1n) is 7.88. The number of fused-ring (bicyclic) bond motifs is 1. The van der Waals surface area contributed by atoms with Gasteiger partial charge in [-0.05, 0) is 54.2 Å². The van der Waals surface area contributed by atoms with Crippen LogP contribution in [0.4, 0.5) is 17.3 Å². The average molecular weight is 310 g/mol. The summed E-state index contributed by atoms with van der Waals surface area (Å²) < 4.78 is 4.76. The molecule has 0 unspecified atom stereocenters. The van der Waals surface area contributed by atoms with Crippen LogP contribution in [0, 0.1) is 6.92 Å². The second-order valence-corrected chi connectivity index (χ2v) is 5.85. The van der Waals surface area contributed by atoms with Crippen LogP contribution in [0.1, 0.15) is 24.8 Å². The third-order valence-corrected chi connectivity index (χ3v) is 4.03. The first-order chi connectivity index (χ1) is 11.3. The Labute approximate surface area is 133 Å². The molecule has 1 aromatic carbocycles. The Morgan fingerprint density at radius 3 is 2.61 bits per heavy atom. The molecule has 0 radical (unpaired) electrons. The standard InChI is InChI=1S/C16H18N6O/c1-11-6-5-7-12(10-11)17-15-16(22-8-3-2-4-9-22)19-14-13(18-15)20-23-21-14/h5-7,10H,2-4,8-9H2,1H3,(H,17,18,20). The van der Waals surface area contributed by atoms with Crippen LogP contribution < -0.4 is 10.2 Å². The lowest BCUT2D eigenvalue weighted by molar-refractivity contribution is 0.314. The van der Waals surface area contributed by atoms with Gasteiger partial charge < -0.3 is 10.2 Å². The highest BCUT2D eigenvalue weighted by molar-refractivity contribution is 5.77. The smallest absolute Gasteiger partial charge is 0.245 e. The van der Waals surface area contributed by atoms with Gasteiger partial charge in [-0.2, -0.15) is 0 Å². The number of anilines is 3. The molecule has 0 amide bonds. The summed E-state index contributed by atoms with van der Waals surface area (Å²) in [5, 5.41) is 11.0. The van der Waals surface area contributed by atoms with Crippen LogP contribution in [-0.4, -0.2) is 33.4 Å². The van der Waals surface area contributed by atoms with Gasteiger partial charge in [0.25, 0.3) is 0 Å². The Hall–Kier alpha value is -2.70. The van der Waals surface area contributed by atoms with Gasteiger partial charge >= 0.3 is 0 Å². The molecule has 118 valence electrons. The topological polar surface area (TPSA) is 80.0 Å². The average Bonchev–Trinajstić information content (AvgIpc) is 3.02. The number of aromatic nitrogens is 4. The van der Waals surface area contributed by atoms with Gasteiger partial charge in [-0.25, -0.2) is 14.6 Å². The molecule has 1 fully saturated rings. The van der Waals surface area contributed by atoms with E-state index in [0.29, 0.717) is 17.1 Å². The van der Waals surface area contributed by atoms with Gasteiger partial charge in [0.05, 0.1) is 0 Å². The fourth-order valence-corrected chi connectivity index (χ4v) is 2.90. The maximum absolute atomic E-state index is 4.76. The van der Waals surface area contributed by atoms with Gasteiger partial charge in [0.15, 0.2) is 11.6 Å². The monoisotopic (exact) mass is 310 g/mol. The molecule has 1 aliphatic heterocycles. The summed E-state index contributed by atoms with van der Waals surface area (Å²) >= 11 is 0. The van der Waals surface area contributed by atoms with E-state index in [4.69, 9.17) is 4.63 Å². The van der Waals surface area contributed by atoms with Crippen molar-refractivity contribution >= 4 is 28.6 Å². The number of hydrogen-bond acceptors (Lipinski definition) is 7. The molecule has 3 aromatic rings. The van der Waals surface area contributed by atoms with E-state index in [2.05, 4.69) is 49.6 Å². The number of nitrogens with zero attached hydrogens (tertiary/aromatic N) is 5. The van der Waals surface area contributed by atoms with E-state index in [0.717, 1.165) is 24.6 Å². The summed E-state index contributed by atoms with van der Waals surface area (Å²) in [5.41, 5.74) is 3.03. The summed E-state index contributed by atoms with van der Waals surface area (Å²) in [5.74, 6) is 1.51. The highest BCUT2D eigenvalue weighted by Gasteiger charge is 2.20. The van der Waals surface area contributed by atoms with Gasteiger partial charge in [-0.3, -0.25) is 0 Å². The number of benzene rings is 1. The van der Waals surface area contributed by atoms with Gasteiger partial charge in [0, 0.05) is 18.8 Å². The largest absolute Gasteiger partial charge is 0.353 e. The van der Waals surface area contributed by atoms with E-state index >= 15 is 0 Å². The lowest BCUT2D eigenvalue weighted by atomic mass is 10.1.